The van der Waals surface area contributed by atoms with Gasteiger partial charge in [-0.3, -0.25) is 9.59 Å². The Morgan fingerprint density at radius 2 is 1.78 bits per heavy atom. The zero-order valence-electron chi connectivity index (χ0n) is 21.3. The van der Waals surface area contributed by atoms with E-state index in [0.29, 0.717) is 23.0 Å². The van der Waals surface area contributed by atoms with E-state index in [0.717, 1.165) is 5.56 Å². The summed E-state index contributed by atoms with van der Waals surface area (Å²) in [7, 11) is 7.13. The van der Waals surface area contributed by atoms with Gasteiger partial charge in [0.15, 0.2) is 0 Å². The number of nitrogens with two attached hydrogens (primary N) is 1. The summed E-state index contributed by atoms with van der Waals surface area (Å²) in [6.45, 7) is 0.196. The Bertz CT molecular complexity index is 1120. The van der Waals surface area contributed by atoms with E-state index in [1.165, 1.54) is 18.5 Å². The Labute approximate surface area is 219 Å². The smallest absolute Gasteiger partial charge is 0.366 e. The SMILES string of the molecule is CN(C)c1ncc(C(CC(=O)NC[C@H](Cc2ccc(C(N)=O)cc2Cl)N(C)C)C2(C(F)(F)F)CC2)cn1. The van der Waals surface area contributed by atoms with Crippen molar-refractivity contribution in [3.05, 3.63) is 52.3 Å². The number of benzene rings is 1. The van der Waals surface area contributed by atoms with Gasteiger partial charge < -0.3 is 20.9 Å². The van der Waals surface area contributed by atoms with E-state index in [1.807, 2.05) is 19.0 Å². The highest BCUT2D eigenvalue weighted by Crippen LogP contribution is 2.66. The van der Waals surface area contributed by atoms with Gasteiger partial charge in [0.25, 0.3) is 0 Å². The Morgan fingerprint density at radius 1 is 1.16 bits per heavy atom. The summed E-state index contributed by atoms with van der Waals surface area (Å²) in [5.74, 6) is -1.79. The van der Waals surface area contributed by atoms with Crippen LogP contribution in [0.3, 0.4) is 0 Å². The van der Waals surface area contributed by atoms with Gasteiger partial charge in [-0.05, 0) is 56.6 Å². The summed E-state index contributed by atoms with van der Waals surface area (Å²) in [4.78, 5) is 36.2. The van der Waals surface area contributed by atoms with Crippen LogP contribution < -0.4 is 16.0 Å². The predicted octanol–water partition coefficient (Wildman–Crippen LogP) is 3.40. The lowest BCUT2D eigenvalue weighted by Crippen LogP contribution is -2.42. The number of hydrogen-bond donors (Lipinski definition) is 2. The molecule has 1 aromatic heterocycles. The maximum Gasteiger partial charge on any atom is 0.395 e. The van der Waals surface area contributed by atoms with Gasteiger partial charge in [-0.1, -0.05) is 17.7 Å². The van der Waals surface area contributed by atoms with Crippen molar-refractivity contribution in [2.75, 3.05) is 39.6 Å². The van der Waals surface area contributed by atoms with Crippen LogP contribution in [0.4, 0.5) is 19.1 Å². The van der Waals surface area contributed by atoms with Crippen molar-refractivity contribution < 1.29 is 22.8 Å². The van der Waals surface area contributed by atoms with E-state index < -0.39 is 29.3 Å². The van der Waals surface area contributed by atoms with Crippen molar-refractivity contribution in [2.24, 2.45) is 11.1 Å². The zero-order chi connectivity index (χ0) is 27.5. The highest BCUT2D eigenvalue weighted by atomic mass is 35.5. The van der Waals surface area contributed by atoms with Crippen LogP contribution in [0.5, 0.6) is 0 Å². The molecule has 1 fully saturated rings. The molecule has 0 radical (unpaired) electrons. The minimum absolute atomic E-state index is 0.0377. The fourth-order valence-electron chi connectivity index (χ4n) is 4.39. The average Bonchev–Trinajstić information content (AvgIpc) is 3.63. The molecule has 2 aromatic rings. The summed E-state index contributed by atoms with van der Waals surface area (Å²) >= 11 is 6.32. The van der Waals surface area contributed by atoms with Crippen molar-refractivity contribution in [2.45, 2.75) is 43.8 Å². The first-order valence-corrected chi connectivity index (χ1v) is 12.2. The Kier molecular flexibility index (Phi) is 8.69. The minimum Gasteiger partial charge on any atom is -0.366 e. The first-order valence-electron chi connectivity index (χ1n) is 11.8. The number of carbonyl (C=O) groups is 2. The summed E-state index contributed by atoms with van der Waals surface area (Å²) in [6, 6.07) is 4.58. The lowest BCUT2D eigenvalue weighted by molar-refractivity contribution is -0.194. The number of primary amides is 1. The molecule has 37 heavy (non-hydrogen) atoms. The molecule has 2 amide bonds. The average molecular weight is 541 g/mol. The molecule has 1 saturated carbocycles. The number of alkyl halides is 3. The first-order chi connectivity index (χ1) is 17.2. The quantitative estimate of drug-likeness (QED) is 0.453. The number of aromatic nitrogens is 2. The molecule has 1 heterocycles. The molecule has 3 N–H and O–H groups in total. The molecule has 8 nitrogen and oxygen atoms in total. The molecule has 0 saturated heterocycles. The van der Waals surface area contributed by atoms with E-state index in [1.54, 1.807) is 31.1 Å². The topological polar surface area (TPSA) is 104 Å². The Balaban J connectivity index is 1.73. The molecular formula is C25H32ClF3N6O2. The Hall–Kier alpha value is -2.92. The molecule has 3 rings (SSSR count). The second-order valence-electron chi connectivity index (χ2n) is 9.92. The molecule has 1 aliphatic carbocycles. The number of rotatable bonds is 11. The lowest BCUT2D eigenvalue weighted by Gasteiger charge is -2.30. The maximum absolute atomic E-state index is 14.0. The summed E-state index contributed by atoms with van der Waals surface area (Å²) in [5.41, 5.74) is 4.67. The third-order valence-electron chi connectivity index (χ3n) is 6.93. The molecular weight excluding hydrogens is 509 g/mol. The lowest BCUT2D eigenvalue weighted by atomic mass is 9.81. The van der Waals surface area contributed by atoms with Crippen LogP contribution in [-0.4, -0.2) is 73.6 Å². The van der Waals surface area contributed by atoms with E-state index in [9.17, 15) is 22.8 Å². The second kappa shape index (κ2) is 11.2. The van der Waals surface area contributed by atoms with Gasteiger partial charge in [0, 0.05) is 62.0 Å². The number of halogens is 4. The minimum atomic E-state index is -4.45. The van der Waals surface area contributed by atoms with Crippen LogP contribution in [0.2, 0.25) is 5.02 Å². The van der Waals surface area contributed by atoms with Gasteiger partial charge in [0.05, 0.1) is 5.41 Å². The molecule has 2 atom stereocenters. The van der Waals surface area contributed by atoms with Gasteiger partial charge in [-0.15, -0.1) is 0 Å². The van der Waals surface area contributed by atoms with Crippen molar-refractivity contribution >= 4 is 29.4 Å². The van der Waals surface area contributed by atoms with Crippen molar-refractivity contribution in [3.8, 4) is 0 Å². The van der Waals surface area contributed by atoms with Gasteiger partial charge in [0.2, 0.25) is 17.8 Å². The largest absolute Gasteiger partial charge is 0.395 e. The number of anilines is 1. The van der Waals surface area contributed by atoms with Crippen molar-refractivity contribution in [1.82, 2.24) is 20.2 Å². The van der Waals surface area contributed by atoms with E-state index in [4.69, 9.17) is 17.3 Å². The number of nitrogens with one attached hydrogen (secondary N) is 1. The zero-order valence-corrected chi connectivity index (χ0v) is 22.0. The highest BCUT2D eigenvalue weighted by molar-refractivity contribution is 6.31. The number of carbonyl (C=O) groups excluding carboxylic acids is 2. The van der Waals surface area contributed by atoms with Crippen molar-refractivity contribution in [3.63, 3.8) is 0 Å². The first kappa shape index (κ1) is 28.6. The van der Waals surface area contributed by atoms with Gasteiger partial charge >= 0.3 is 6.18 Å². The van der Waals surface area contributed by atoms with Crippen LogP contribution in [-0.2, 0) is 11.2 Å². The fourth-order valence-corrected chi connectivity index (χ4v) is 4.64. The standard InChI is InChI=1S/C25H32ClF3N6O2/c1-34(2)18(9-15-5-6-16(22(30)37)10-20(15)26)14-31-21(36)11-19(24(7-8-24)25(27,28)29)17-12-32-23(33-13-17)35(3)4/h5-6,10,12-13,18-19H,7-9,11,14H2,1-4H3,(H2,30,37)(H,31,36)/t18-,19?/m0/s1. The second-order valence-corrected chi connectivity index (χ2v) is 10.3. The molecule has 1 aromatic carbocycles. The number of hydrogen-bond acceptors (Lipinski definition) is 6. The van der Waals surface area contributed by atoms with Crippen molar-refractivity contribution in [1.29, 1.82) is 0 Å². The molecule has 12 heteroatoms. The maximum atomic E-state index is 14.0. The van der Waals surface area contributed by atoms with Crippen LogP contribution in [0.15, 0.2) is 30.6 Å². The molecule has 0 bridgehead atoms. The van der Waals surface area contributed by atoms with Gasteiger partial charge in [0.1, 0.15) is 0 Å². The third-order valence-corrected chi connectivity index (χ3v) is 7.28. The fraction of sp³-hybridized carbons (Fsp3) is 0.520. The van der Waals surface area contributed by atoms with Crippen LogP contribution >= 0.6 is 11.6 Å². The summed E-state index contributed by atoms with van der Waals surface area (Å²) in [6.07, 6.45) is -1.65. The van der Waals surface area contributed by atoms with Gasteiger partial charge in [-0.25, -0.2) is 9.97 Å². The van der Waals surface area contributed by atoms with E-state index in [-0.39, 0.29) is 37.4 Å². The van der Waals surface area contributed by atoms with Crippen LogP contribution in [0, 0.1) is 5.41 Å². The molecule has 0 aliphatic heterocycles. The summed E-state index contributed by atoms with van der Waals surface area (Å²) < 4.78 is 42.1. The number of amides is 2. The number of nitrogens with zero attached hydrogens (tertiary/aromatic N) is 4. The molecule has 1 aliphatic rings. The van der Waals surface area contributed by atoms with E-state index >= 15 is 0 Å². The normalized spacial score (nSPS) is 16.2. The Morgan fingerprint density at radius 3 is 2.24 bits per heavy atom. The predicted molar refractivity (Wildman–Crippen MR) is 136 cm³/mol. The van der Waals surface area contributed by atoms with E-state index in [2.05, 4.69) is 15.3 Å². The molecule has 0 spiro atoms. The third kappa shape index (κ3) is 6.70. The molecule has 202 valence electrons. The highest BCUT2D eigenvalue weighted by Gasteiger charge is 2.67. The summed E-state index contributed by atoms with van der Waals surface area (Å²) in [5, 5.41) is 3.17. The number of likely N-dealkylation sites (N-methyl/N-ethyl adjacent to an activating group) is 1. The van der Waals surface area contributed by atoms with Gasteiger partial charge in [-0.2, -0.15) is 13.2 Å². The van der Waals surface area contributed by atoms with Crippen LogP contribution in [0.25, 0.3) is 0 Å². The monoisotopic (exact) mass is 540 g/mol. The van der Waals surface area contributed by atoms with Crippen LogP contribution in [0.1, 0.15) is 46.7 Å². The molecule has 1 unspecified atom stereocenters.